The van der Waals surface area contributed by atoms with Crippen LogP contribution in [0.25, 0.3) is 0 Å². The maximum absolute atomic E-state index is 11.7. The number of anilines is 2. The minimum absolute atomic E-state index is 0.189. The molecule has 0 aliphatic carbocycles. The summed E-state index contributed by atoms with van der Waals surface area (Å²) in [5.41, 5.74) is 7.58. The standard InChI is InChI=1S/C12H22N4O2S/c1-9(2)16-12(11(13)10(3)14-16)15-5-4-7-19(17,18)8-6-15/h9H,4-8,13H2,1-3H3. The molecule has 0 atom stereocenters. The Labute approximate surface area is 114 Å². The molecule has 0 radical (unpaired) electrons. The summed E-state index contributed by atoms with van der Waals surface area (Å²) in [6.45, 7) is 7.17. The predicted octanol–water partition coefficient (Wildman–Crippen LogP) is 0.980. The van der Waals surface area contributed by atoms with E-state index in [1.165, 1.54) is 0 Å². The summed E-state index contributed by atoms with van der Waals surface area (Å²) < 4.78 is 25.2. The van der Waals surface area contributed by atoms with Crippen molar-refractivity contribution in [3.8, 4) is 0 Å². The second-order valence-corrected chi connectivity index (χ2v) is 7.66. The Balaban J connectivity index is 2.36. The lowest BCUT2D eigenvalue weighted by Crippen LogP contribution is -2.30. The molecule has 108 valence electrons. The Kier molecular flexibility index (Phi) is 3.75. The van der Waals surface area contributed by atoms with E-state index in [9.17, 15) is 8.42 Å². The highest BCUT2D eigenvalue weighted by molar-refractivity contribution is 7.91. The van der Waals surface area contributed by atoms with E-state index in [-0.39, 0.29) is 17.5 Å². The fraction of sp³-hybridized carbons (Fsp3) is 0.750. The first-order valence-electron chi connectivity index (χ1n) is 6.62. The third kappa shape index (κ3) is 2.86. The average molecular weight is 286 g/mol. The molecule has 1 saturated heterocycles. The second-order valence-electron chi connectivity index (χ2n) is 5.35. The van der Waals surface area contributed by atoms with E-state index in [0.717, 1.165) is 11.5 Å². The van der Waals surface area contributed by atoms with Gasteiger partial charge in [-0.1, -0.05) is 0 Å². The molecule has 0 unspecified atom stereocenters. The molecule has 2 rings (SSSR count). The molecule has 1 aromatic rings. The summed E-state index contributed by atoms with van der Waals surface area (Å²) in [7, 11) is -2.91. The van der Waals surface area contributed by atoms with Crippen molar-refractivity contribution in [2.24, 2.45) is 0 Å². The van der Waals surface area contributed by atoms with E-state index in [1.807, 2.05) is 25.5 Å². The van der Waals surface area contributed by atoms with Gasteiger partial charge in [-0.2, -0.15) is 5.10 Å². The molecule has 0 saturated carbocycles. The van der Waals surface area contributed by atoms with E-state index in [1.54, 1.807) is 0 Å². The second kappa shape index (κ2) is 5.03. The predicted molar refractivity (Wildman–Crippen MR) is 77.2 cm³/mol. The van der Waals surface area contributed by atoms with E-state index in [0.29, 0.717) is 25.2 Å². The van der Waals surface area contributed by atoms with Gasteiger partial charge in [-0.25, -0.2) is 13.1 Å². The minimum Gasteiger partial charge on any atom is -0.394 e. The van der Waals surface area contributed by atoms with Crippen molar-refractivity contribution in [2.75, 3.05) is 35.2 Å². The zero-order chi connectivity index (χ0) is 14.2. The lowest BCUT2D eigenvalue weighted by Gasteiger charge is -2.25. The lowest BCUT2D eigenvalue weighted by atomic mass is 10.3. The van der Waals surface area contributed by atoms with Gasteiger partial charge < -0.3 is 10.6 Å². The van der Waals surface area contributed by atoms with Crippen LogP contribution in [0.15, 0.2) is 0 Å². The van der Waals surface area contributed by atoms with Crippen LogP contribution in [0, 0.1) is 6.92 Å². The van der Waals surface area contributed by atoms with Gasteiger partial charge in [0.15, 0.2) is 15.7 Å². The van der Waals surface area contributed by atoms with Gasteiger partial charge in [-0.3, -0.25) is 0 Å². The lowest BCUT2D eigenvalue weighted by molar-refractivity contribution is 0.523. The third-order valence-corrected chi connectivity index (χ3v) is 5.16. The van der Waals surface area contributed by atoms with E-state index >= 15 is 0 Å². The molecule has 7 heteroatoms. The van der Waals surface area contributed by atoms with Crippen LogP contribution >= 0.6 is 0 Å². The van der Waals surface area contributed by atoms with Crippen LogP contribution in [0.3, 0.4) is 0 Å². The normalized spacial score (nSPS) is 19.7. The SMILES string of the molecule is Cc1nn(C(C)C)c(N2CCCS(=O)(=O)CC2)c1N. The minimum atomic E-state index is -2.91. The first-order chi connectivity index (χ1) is 8.82. The molecule has 1 aromatic heterocycles. The molecular weight excluding hydrogens is 264 g/mol. The quantitative estimate of drug-likeness (QED) is 0.876. The Morgan fingerprint density at radius 1 is 1.26 bits per heavy atom. The summed E-state index contributed by atoms with van der Waals surface area (Å²) in [5.74, 6) is 1.32. The van der Waals surface area contributed by atoms with Crippen LogP contribution in [0.1, 0.15) is 32.0 Å². The number of nitrogens with zero attached hydrogens (tertiary/aromatic N) is 3. The number of rotatable bonds is 2. The Morgan fingerprint density at radius 2 is 1.95 bits per heavy atom. The summed E-state index contributed by atoms with van der Waals surface area (Å²) in [5, 5.41) is 4.45. The van der Waals surface area contributed by atoms with E-state index < -0.39 is 9.84 Å². The molecule has 0 aromatic carbocycles. The van der Waals surface area contributed by atoms with Gasteiger partial charge in [0.1, 0.15) is 0 Å². The molecule has 0 bridgehead atoms. The fourth-order valence-corrected chi connectivity index (χ4v) is 3.65. The Hall–Kier alpha value is -1.24. The molecule has 0 spiro atoms. The van der Waals surface area contributed by atoms with Crippen molar-refractivity contribution < 1.29 is 8.42 Å². The number of hydrogen-bond acceptors (Lipinski definition) is 5. The number of hydrogen-bond donors (Lipinski definition) is 1. The van der Waals surface area contributed by atoms with E-state index in [2.05, 4.69) is 10.00 Å². The van der Waals surface area contributed by atoms with Gasteiger partial charge in [-0.05, 0) is 27.2 Å². The number of nitrogens with two attached hydrogens (primary N) is 1. The van der Waals surface area contributed by atoms with Crippen molar-refractivity contribution in [3.05, 3.63) is 5.69 Å². The highest BCUT2D eigenvalue weighted by Crippen LogP contribution is 2.30. The van der Waals surface area contributed by atoms with Crippen LogP contribution < -0.4 is 10.6 Å². The highest BCUT2D eigenvalue weighted by Gasteiger charge is 2.25. The molecule has 2 heterocycles. The molecule has 1 aliphatic heterocycles. The monoisotopic (exact) mass is 286 g/mol. The molecule has 0 amide bonds. The summed E-state index contributed by atoms with van der Waals surface area (Å²) in [4.78, 5) is 2.06. The number of aryl methyl sites for hydroxylation is 1. The maximum Gasteiger partial charge on any atom is 0.152 e. The summed E-state index contributed by atoms with van der Waals surface area (Å²) in [6.07, 6.45) is 0.643. The Bertz CT molecular complexity index is 563. The van der Waals surface area contributed by atoms with Crippen LogP contribution in [0.2, 0.25) is 0 Å². The zero-order valence-electron chi connectivity index (χ0n) is 11.8. The molecule has 19 heavy (non-hydrogen) atoms. The summed E-state index contributed by atoms with van der Waals surface area (Å²) >= 11 is 0. The average Bonchev–Trinajstić information content (AvgIpc) is 2.50. The van der Waals surface area contributed by atoms with Crippen molar-refractivity contribution in [3.63, 3.8) is 0 Å². The van der Waals surface area contributed by atoms with Gasteiger partial charge in [0.2, 0.25) is 0 Å². The largest absolute Gasteiger partial charge is 0.394 e. The first kappa shape index (κ1) is 14.2. The molecule has 1 aliphatic rings. The smallest absolute Gasteiger partial charge is 0.152 e. The van der Waals surface area contributed by atoms with Crippen molar-refractivity contribution >= 4 is 21.3 Å². The van der Waals surface area contributed by atoms with Gasteiger partial charge in [0.25, 0.3) is 0 Å². The van der Waals surface area contributed by atoms with Crippen molar-refractivity contribution in [1.29, 1.82) is 0 Å². The van der Waals surface area contributed by atoms with Crippen LogP contribution in [-0.4, -0.2) is 42.8 Å². The molecular formula is C12H22N4O2S. The van der Waals surface area contributed by atoms with Gasteiger partial charge in [0, 0.05) is 19.1 Å². The number of aromatic nitrogens is 2. The van der Waals surface area contributed by atoms with Crippen LogP contribution in [0.4, 0.5) is 11.5 Å². The topological polar surface area (TPSA) is 81.2 Å². The molecule has 1 fully saturated rings. The number of sulfone groups is 1. The Morgan fingerprint density at radius 3 is 2.58 bits per heavy atom. The van der Waals surface area contributed by atoms with E-state index in [4.69, 9.17) is 5.73 Å². The van der Waals surface area contributed by atoms with Gasteiger partial charge in [0.05, 0.1) is 22.9 Å². The van der Waals surface area contributed by atoms with Gasteiger partial charge in [-0.15, -0.1) is 0 Å². The highest BCUT2D eigenvalue weighted by atomic mass is 32.2. The van der Waals surface area contributed by atoms with Crippen LogP contribution in [-0.2, 0) is 9.84 Å². The molecule has 2 N–H and O–H groups in total. The van der Waals surface area contributed by atoms with Crippen molar-refractivity contribution in [2.45, 2.75) is 33.2 Å². The van der Waals surface area contributed by atoms with Crippen molar-refractivity contribution in [1.82, 2.24) is 9.78 Å². The maximum atomic E-state index is 11.7. The number of nitrogen functional groups attached to an aromatic ring is 1. The fourth-order valence-electron chi connectivity index (χ4n) is 2.37. The van der Waals surface area contributed by atoms with Crippen LogP contribution in [0.5, 0.6) is 0 Å². The molecule has 6 nitrogen and oxygen atoms in total. The third-order valence-electron chi connectivity index (χ3n) is 3.45. The summed E-state index contributed by atoms with van der Waals surface area (Å²) in [6, 6.07) is 0.200. The first-order valence-corrected chi connectivity index (χ1v) is 8.44. The zero-order valence-corrected chi connectivity index (χ0v) is 12.6. The van der Waals surface area contributed by atoms with Gasteiger partial charge >= 0.3 is 0 Å².